The van der Waals surface area contributed by atoms with Gasteiger partial charge in [0.05, 0.1) is 6.20 Å². The summed E-state index contributed by atoms with van der Waals surface area (Å²) in [5, 5.41) is 9.36. The molecule has 92 valence electrons. The zero-order valence-electron chi connectivity index (χ0n) is 9.24. The van der Waals surface area contributed by atoms with Crippen LogP contribution in [0.5, 0.6) is 10.9 Å². The van der Waals surface area contributed by atoms with Gasteiger partial charge in [0, 0.05) is 23.6 Å². The molecule has 1 aliphatic carbocycles. The van der Waals surface area contributed by atoms with Gasteiger partial charge in [0.1, 0.15) is 11.4 Å². The molecular formula is C11H9N3O3S. The van der Waals surface area contributed by atoms with Crippen LogP contribution in [-0.4, -0.2) is 25.4 Å². The average molecular weight is 263 g/mol. The summed E-state index contributed by atoms with van der Waals surface area (Å²) >= 11 is 1.13. The molecule has 1 aliphatic rings. The molecule has 2 aromatic heterocycles. The Morgan fingerprint density at radius 3 is 3.06 bits per heavy atom. The van der Waals surface area contributed by atoms with Gasteiger partial charge in [0.2, 0.25) is 0 Å². The number of ether oxygens (including phenoxy) is 1. The largest absolute Gasteiger partial charge is 0.478 e. The molecule has 0 bridgehead atoms. The lowest BCUT2D eigenvalue weighted by Crippen LogP contribution is -2.00. The number of hydrogen-bond donors (Lipinski definition) is 1. The Bertz CT molecular complexity index is 595. The first-order valence-corrected chi connectivity index (χ1v) is 6.20. The van der Waals surface area contributed by atoms with Crippen LogP contribution in [-0.2, 0) is 0 Å². The minimum absolute atomic E-state index is 0.0631. The molecule has 6 nitrogen and oxygen atoms in total. The van der Waals surface area contributed by atoms with Crippen molar-refractivity contribution in [2.75, 3.05) is 0 Å². The van der Waals surface area contributed by atoms with Crippen molar-refractivity contribution in [3.8, 4) is 10.9 Å². The molecule has 2 aromatic rings. The first-order valence-electron chi connectivity index (χ1n) is 5.43. The van der Waals surface area contributed by atoms with E-state index in [2.05, 4.69) is 14.3 Å². The molecular weight excluding hydrogens is 254 g/mol. The van der Waals surface area contributed by atoms with Gasteiger partial charge in [-0.15, -0.1) is 0 Å². The van der Waals surface area contributed by atoms with E-state index in [1.807, 2.05) is 0 Å². The van der Waals surface area contributed by atoms with E-state index in [9.17, 15) is 4.79 Å². The van der Waals surface area contributed by atoms with Gasteiger partial charge in [-0.1, -0.05) is 0 Å². The van der Waals surface area contributed by atoms with Crippen molar-refractivity contribution in [2.24, 2.45) is 0 Å². The first kappa shape index (κ1) is 11.1. The van der Waals surface area contributed by atoms with E-state index in [1.54, 1.807) is 0 Å². The number of pyridine rings is 1. The van der Waals surface area contributed by atoms with Crippen LogP contribution in [0.4, 0.5) is 0 Å². The van der Waals surface area contributed by atoms with E-state index < -0.39 is 5.97 Å². The van der Waals surface area contributed by atoms with E-state index in [4.69, 9.17) is 9.84 Å². The number of hydrogen-bond acceptors (Lipinski definition) is 6. The van der Waals surface area contributed by atoms with Crippen molar-refractivity contribution in [3.05, 3.63) is 29.8 Å². The fraction of sp³-hybridized carbons (Fsp3) is 0.273. The summed E-state index contributed by atoms with van der Waals surface area (Å²) in [4.78, 5) is 19.1. The number of nitrogens with zero attached hydrogens (tertiary/aromatic N) is 3. The predicted octanol–water partition coefficient (Wildman–Crippen LogP) is 2.30. The van der Waals surface area contributed by atoms with Gasteiger partial charge < -0.3 is 9.84 Å². The van der Waals surface area contributed by atoms with E-state index in [0.29, 0.717) is 11.1 Å². The highest BCUT2D eigenvalue weighted by atomic mass is 32.1. The Kier molecular flexibility index (Phi) is 2.67. The van der Waals surface area contributed by atoms with Crippen molar-refractivity contribution in [1.82, 2.24) is 14.3 Å². The molecule has 1 N–H and O–H groups in total. The van der Waals surface area contributed by atoms with E-state index in [0.717, 1.165) is 30.2 Å². The highest BCUT2D eigenvalue weighted by molar-refractivity contribution is 7.07. The lowest BCUT2D eigenvalue weighted by Gasteiger charge is -2.03. The number of aromatic nitrogens is 3. The zero-order valence-corrected chi connectivity index (χ0v) is 10.1. The summed E-state index contributed by atoms with van der Waals surface area (Å²) in [6.45, 7) is 0. The molecule has 7 heteroatoms. The van der Waals surface area contributed by atoms with Gasteiger partial charge in [0.25, 0.3) is 5.19 Å². The van der Waals surface area contributed by atoms with Crippen molar-refractivity contribution < 1.29 is 14.6 Å². The molecule has 0 radical (unpaired) electrons. The van der Waals surface area contributed by atoms with E-state index in [1.165, 1.54) is 18.5 Å². The Labute approximate surface area is 106 Å². The van der Waals surface area contributed by atoms with Gasteiger partial charge in [-0.3, -0.25) is 4.98 Å². The van der Waals surface area contributed by atoms with Crippen molar-refractivity contribution in [3.63, 3.8) is 0 Å². The summed E-state index contributed by atoms with van der Waals surface area (Å²) in [6.07, 6.45) is 5.00. The summed E-state index contributed by atoms with van der Waals surface area (Å²) in [5.74, 6) is 0.366. The van der Waals surface area contributed by atoms with Crippen molar-refractivity contribution in [2.45, 2.75) is 18.8 Å². The third-order valence-electron chi connectivity index (χ3n) is 2.58. The third kappa shape index (κ3) is 2.17. The third-order valence-corrected chi connectivity index (χ3v) is 3.19. The van der Waals surface area contributed by atoms with Gasteiger partial charge in [-0.05, 0) is 18.9 Å². The molecule has 3 rings (SSSR count). The van der Waals surface area contributed by atoms with Crippen LogP contribution in [0.3, 0.4) is 0 Å². The SMILES string of the molecule is O=C(O)c1ccncc1Oc1nc(C2CC2)ns1. The van der Waals surface area contributed by atoms with Gasteiger partial charge in [-0.25, -0.2) is 4.79 Å². The Hall–Kier alpha value is -2.02. The minimum atomic E-state index is -1.06. The molecule has 0 aromatic carbocycles. The summed E-state index contributed by atoms with van der Waals surface area (Å²) in [6, 6.07) is 1.39. The number of aromatic carboxylic acids is 1. The Morgan fingerprint density at radius 2 is 2.33 bits per heavy atom. The molecule has 18 heavy (non-hydrogen) atoms. The predicted molar refractivity (Wildman–Crippen MR) is 63.2 cm³/mol. The maximum absolute atomic E-state index is 11.0. The molecule has 0 amide bonds. The van der Waals surface area contributed by atoms with Crippen molar-refractivity contribution >= 4 is 17.5 Å². The maximum Gasteiger partial charge on any atom is 0.339 e. The van der Waals surface area contributed by atoms with Crippen LogP contribution < -0.4 is 4.74 Å². The molecule has 1 fully saturated rings. The Morgan fingerprint density at radius 1 is 1.50 bits per heavy atom. The molecule has 2 heterocycles. The van der Waals surface area contributed by atoms with Gasteiger partial charge in [-0.2, -0.15) is 9.36 Å². The van der Waals surface area contributed by atoms with Gasteiger partial charge in [0.15, 0.2) is 5.75 Å². The highest BCUT2D eigenvalue weighted by Crippen LogP contribution is 2.40. The topological polar surface area (TPSA) is 85.2 Å². The van der Waals surface area contributed by atoms with Gasteiger partial charge >= 0.3 is 5.97 Å². The number of carboxylic acids is 1. The second kappa shape index (κ2) is 4.34. The summed E-state index contributed by atoms with van der Waals surface area (Å²) in [5.41, 5.74) is 0.0631. The molecule has 1 saturated carbocycles. The van der Waals surface area contributed by atoms with Crippen molar-refractivity contribution in [1.29, 1.82) is 0 Å². The molecule has 0 saturated heterocycles. The molecule has 0 aliphatic heterocycles. The highest BCUT2D eigenvalue weighted by Gasteiger charge is 2.28. The number of rotatable bonds is 4. The van der Waals surface area contributed by atoms with Crippen LogP contribution in [0.1, 0.15) is 34.9 Å². The zero-order chi connectivity index (χ0) is 12.5. The standard InChI is InChI=1S/C11H9N3O3S/c15-10(16)7-3-4-12-5-8(7)17-11-13-9(14-18-11)6-1-2-6/h3-6H,1-2H2,(H,15,16). The van der Waals surface area contributed by atoms with Crippen LogP contribution in [0, 0.1) is 0 Å². The fourth-order valence-electron chi connectivity index (χ4n) is 1.50. The Balaban J connectivity index is 1.84. The van der Waals surface area contributed by atoms with E-state index in [-0.39, 0.29) is 11.3 Å². The lowest BCUT2D eigenvalue weighted by molar-refractivity contribution is 0.0694. The van der Waals surface area contributed by atoms with Crippen LogP contribution in [0.2, 0.25) is 0 Å². The quantitative estimate of drug-likeness (QED) is 0.911. The second-order valence-corrected chi connectivity index (χ2v) is 4.69. The van der Waals surface area contributed by atoms with E-state index >= 15 is 0 Å². The number of carbonyl (C=O) groups is 1. The van der Waals surface area contributed by atoms with Crippen LogP contribution in [0.15, 0.2) is 18.5 Å². The lowest BCUT2D eigenvalue weighted by atomic mass is 10.2. The molecule has 0 atom stereocenters. The average Bonchev–Trinajstić information content (AvgIpc) is 3.11. The normalized spacial score (nSPS) is 14.4. The molecule has 0 unspecified atom stereocenters. The minimum Gasteiger partial charge on any atom is -0.478 e. The monoisotopic (exact) mass is 263 g/mol. The molecule has 0 spiro atoms. The fourth-order valence-corrected chi connectivity index (χ4v) is 2.12. The maximum atomic E-state index is 11.0. The van der Waals surface area contributed by atoms with Crippen LogP contribution >= 0.6 is 11.5 Å². The van der Waals surface area contributed by atoms with Crippen LogP contribution in [0.25, 0.3) is 0 Å². The summed E-state index contributed by atoms with van der Waals surface area (Å²) < 4.78 is 9.62. The first-order chi connectivity index (χ1) is 8.74. The second-order valence-electron chi connectivity index (χ2n) is 3.97. The summed E-state index contributed by atoms with van der Waals surface area (Å²) in [7, 11) is 0. The smallest absolute Gasteiger partial charge is 0.339 e. The number of carboxylic acid groups (broad SMARTS) is 1.